The van der Waals surface area contributed by atoms with Crippen molar-refractivity contribution in [1.29, 1.82) is 0 Å². The molecule has 0 spiro atoms. The van der Waals surface area contributed by atoms with Crippen LogP contribution < -0.4 is 11.9 Å². The molecule has 0 unspecified atom stereocenters. The fraction of sp³-hybridized carbons (Fsp3) is 0.571. The number of aryl methyl sites for hydroxylation is 1. The number of hydrogen-bond donors (Lipinski definition) is 2. The molecule has 18 heavy (non-hydrogen) atoms. The maximum absolute atomic E-state index is 5.67. The van der Waals surface area contributed by atoms with E-state index in [1.54, 1.807) is 0 Å². The third-order valence-electron chi connectivity index (χ3n) is 2.12. The lowest BCUT2D eigenvalue weighted by Crippen LogP contribution is -2.06. The summed E-state index contributed by atoms with van der Waals surface area (Å²) in [5.41, 5.74) is 8.89. The summed E-state index contributed by atoms with van der Waals surface area (Å²) in [6.45, 7) is 12.4. The van der Waals surface area contributed by atoms with Gasteiger partial charge in [-0.25, -0.2) is 0 Å². The fourth-order valence-corrected chi connectivity index (χ4v) is 1.53. The van der Waals surface area contributed by atoms with Crippen molar-refractivity contribution in [2.45, 2.75) is 41.2 Å². The standard InChI is InChI=1S/C12H20N2O.C2H6.H3N/c1-4-15-6-5-14-9-10(2)7-12(14)8-11(3)13;1-2;/h7-9H,4-6,13H2,1-3H3;1-2H3;1H3/b11-8-;;. The number of hydrogen-bond acceptors (Lipinski definition) is 3. The molecular weight excluding hydrogens is 226 g/mol. The molecule has 0 saturated heterocycles. The Hall–Kier alpha value is -1.26. The van der Waals surface area contributed by atoms with Gasteiger partial charge in [0.05, 0.1) is 6.61 Å². The third kappa shape index (κ3) is 7.14. The Morgan fingerprint density at radius 3 is 2.56 bits per heavy atom. The van der Waals surface area contributed by atoms with Crippen LogP contribution in [0.3, 0.4) is 0 Å². The lowest BCUT2D eigenvalue weighted by Gasteiger charge is -2.06. The summed E-state index contributed by atoms with van der Waals surface area (Å²) in [5.74, 6) is 0. The minimum atomic E-state index is 0. The van der Waals surface area contributed by atoms with Crippen molar-refractivity contribution in [1.82, 2.24) is 10.7 Å². The molecule has 0 aliphatic heterocycles. The van der Waals surface area contributed by atoms with Crippen molar-refractivity contribution in [3.8, 4) is 0 Å². The van der Waals surface area contributed by atoms with Crippen molar-refractivity contribution in [3.63, 3.8) is 0 Å². The van der Waals surface area contributed by atoms with E-state index >= 15 is 0 Å². The molecule has 4 heteroatoms. The molecule has 0 aliphatic carbocycles. The van der Waals surface area contributed by atoms with Gasteiger partial charge in [0, 0.05) is 30.7 Å². The molecule has 0 saturated carbocycles. The smallest absolute Gasteiger partial charge is 0.0645 e. The summed E-state index contributed by atoms with van der Waals surface area (Å²) in [7, 11) is 0. The number of aromatic nitrogens is 1. The van der Waals surface area contributed by atoms with E-state index in [1.807, 2.05) is 33.8 Å². The van der Waals surface area contributed by atoms with Gasteiger partial charge in [-0.05, 0) is 38.5 Å². The van der Waals surface area contributed by atoms with E-state index in [9.17, 15) is 0 Å². The van der Waals surface area contributed by atoms with Crippen LogP contribution in [0.2, 0.25) is 0 Å². The molecule has 0 aliphatic rings. The average Bonchev–Trinajstić information content (AvgIpc) is 2.61. The second-order valence-electron chi connectivity index (χ2n) is 3.72. The monoisotopic (exact) mass is 255 g/mol. The van der Waals surface area contributed by atoms with Gasteiger partial charge in [-0.1, -0.05) is 13.8 Å². The predicted octanol–water partition coefficient (Wildman–Crippen LogP) is 3.34. The zero-order valence-corrected chi connectivity index (χ0v) is 12.5. The summed E-state index contributed by atoms with van der Waals surface area (Å²) in [4.78, 5) is 0. The van der Waals surface area contributed by atoms with E-state index < -0.39 is 0 Å². The predicted molar refractivity (Wildman–Crippen MR) is 79.9 cm³/mol. The fourth-order valence-electron chi connectivity index (χ4n) is 1.53. The Morgan fingerprint density at radius 2 is 2.06 bits per heavy atom. The number of allylic oxidation sites excluding steroid dienone is 1. The Balaban J connectivity index is 0. The van der Waals surface area contributed by atoms with E-state index in [-0.39, 0.29) is 6.15 Å². The molecular formula is C14H29N3O. The topological polar surface area (TPSA) is 75.2 Å². The van der Waals surface area contributed by atoms with Crippen LogP contribution in [0.25, 0.3) is 6.08 Å². The third-order valence-corrected chi connectivity index (χ3v) is 2.12. The molecule has 106 valence electrons. The molecule has 1 aromatic heterocycles. The SMILES string of the molecule is CC.CCOCCn1cc(C)cc1/C=C(/C)N.N. The highest BCUT2D eigenvalue weighted by Gasteiger charge is 2.00. The van der Waals surface area contributed by atoms with Gasteiger partial charge >= 0.3 is 0 Å². The van der Waals surface area contributed by atoms with E-state index in [1.165, 1.54) is 5.56 Å². The first-order valence-electron chi connectivity index (χ1n) is 6.31. The molecule has 0 radical (unpaired) electrons. The second-order valence-corrected chi connectivity index (χ2v) is 3.72. The van der Waals surface area contributed by atoms with E-state index in [2.05, 4.69) is 23.8 Å². The summed E-state index contributed by atoms with van der Waals surface area (Å²) in [6.07, 6.45) is 4.10. The summed E-state index contributed by atoms with van der Waals surface area (Å²) >= 11 is 0. The number of rotatable bonds is 5. The maximum atomic E-state index is 5.67. The molecule has 4 nitrogen and oxygen atoms in total. The molecule has 0 atom stereocenters. The van der Waals surface area contributed by atoms with Crippen molar-refractivity contribution >= 4 is 6.08 Å². The normalized spacial score (nSPS) is 10.4. The van der Waals surface area contributed by atoms with Crippen LogP contribution in [0, 0.1) is 6.92 Å². The Kier molecular flexibility index (Phi) is 11.5. The number of nitrogens with two attached hydrogens (primary N) is 1. The molecule has 0 aromatic carbocycles. The maximum Gasteiger partial charge on any atom is 0.0645 e. The van der Waals surface area contributed by atoms with Crippen LogP contribution in [0.15, 0.2) is 18.0 Å². The van der Waals surface area contributed by atoms with Gasteiger partial charge in [0.2, 0.25) is 0 Å². The van der Waals surface area contributed by atoms with Crippen molar-refractivity contribution in [3.05, 3.63) is 29.2 Å². The van der Waals surface area contributed by atoms with E-state index in [4.69, 9.17) is 10.5 Å². The van der Waals surface area contributed by atoms with Crippen molar-refractivity contribution in [2.75, 3.05) is 13.2 Å². The largest absolute Gasteiger partial charge is 0.402 e. The highest BCUT2D eigenvalue weighted by Crippen LogP contribution is 2.10. The van der Waals surface area contributed by atoms with Crippen LogP contribution in [-0.2, 0) is 11.3 Å². The molecule has 1 rings (SSSR count). The van der Waals surface area contributed by atoms with Crippen LogP contribution >= 0.6 is 0 Å². The van der Waals surface area contributed by atoms with Crippen LogP contribution in [0.5, 0.6) is 0 Å². The Morgan fingerprint density at radius 1 is 1.44 bits per heavy atom. The van der Waals surface area contributed by atoms with Gasteiger partial charge in [0.15, 0.2) is 0 Å². The van der Waals surface area contributed by atoms with Crippen molar-refractivity contribution in [2.24, 2.45) is 5.73 Å². The molecule has 0 bridgehead atoms. The zero-order chi connectivity index (χ0) is 13.3. The van der Waals surface area contributed by atoms with Crippen LogP contribution in [0.4, 0.5) is 0 Å². The highest BCUT2D eigenvalue weighted by atomic mass is 16.5. The van der Waals surface area contributed by atoms with Gasteiger partial charge in [-0.15, -0.1) is 0 Å². The van der Waals surface area contributed by atoms with Gasteiger partial charge in [-0.3, -0.25) is 0 Å². The Bertz CT molecular complexity index is 339. The first kappa shape index (κ1) is 19.1. The molecule has 1 aromatic rings. The quantitative estimate of drug-likeness (QED) is 0.792. The van der Waals surface area contributed by atoms with Gasteiger partial charge in [0.1, 0.15) is 0 Å². The van der Waals surface area contributed by atoms with Gasteiger partial charge < -0.3 is 21.2 Å². The van der Waals surface area contributed by atoms with Gasteiger partial charge in [-0.2, -0.15) is 0 Å². The lowest BCUT2D eigenvalue weighted by molar-refractivity contribution is 0.139. The van der Waals surface area contributed by atoms with E-state index in [0.29, 0.717) is 0 Å². The molecule has 5 N–H and O–H groups in total. The van der Waals surface area contributed by atoms with E-state index in [0.717, 1.165) is 31.1 Å². The summed E-state index contributed by atoms with van der Waals surface area (Å²) in [6, 6.07) is 2.13. The summed E-state index contributed by atoms with van der Waals surface area (Å²) in [5, 5.41) is 0. The highest BCUT2D eigenvalue weighted by molar-refractivity contribution is 5.49. The number of nitrogens with zero attached hydrogens (tertiary/aromatic N) is 1. The first-order chi connectivity index (χ1) is 8.13. The average molecular weight is 255 g/mol. The minimum Gasteiger partial charge on any atom is -0.402 e. The van der Waals surface area contributed by atoms with Gasteiger partial charge in [0.25, 0.3) is 0 Å². The van der Waals surface area contributed by atoms with Crippen LogP contribution in [0.1, 0.15) is 39.0 Å². The number of ether oxygens (including phenoxy) is 1. The molecule has 1 heterocycles. The first-order valence-corrected chi connectivity index (χ1v) is 6.31. The second kappa shape index (κ2) is 10.9. The minimum absolute atomic E-state index is 0. The van der Waals surface area contributed by atoms with Crippen LogP contribution in [-0.4, -0.2) is 17.8 Å². The van der Waals surface area contributed by atoms with Crippen molar-refractivity contribution < 1.29 is 4.74 Å². The zero-order valence-electron chi connectivity index (χ0n) is 12.5. The molecule has 0 fully saturated rings. The summed E-state index contributed by atoms with van der Waals surface area (Å²) < 4.78 is 7.50. The molecule has 0 amide bonds. The Labute approximate surface area is 111 Å². The lowest BCUT2D eigenvalue weighted by atomic mass is 10.3.